The molecular weight excluding hydrogens is 334 g/mol. The molecule has 0 aliphatic rings. The minimum Gasteiger partial charge on any atom is -0.387 e. The highest BCUT2D eigenvalue weighted by molar-refractivity contribution is 7.90. The van der Waals surface area contributed by atoms with Gasteiger partial charge in [0.1, 0.15) is 0 Å². The Morgan fingerprint density at radius 1 is 1.08 bits per heavy atom. The van der Waals surface area contributed by atoms with Gasteiger partial charge in [-0.15, -0.1) is 0 Å². The van der Waals surface area contributed by atoms with Gasteiger partial charge in [0.05, 0.1) is 11.0 Å². The van der Waals surface area contributed by atoms with Crippen LogP contribution in [0.1, 0.15) is 37.5 Å². The van der Waals surface area contributed by atoms with Crippen molar-refractivity contribution in [1.29, 1.82) is 0 Å². The molecule has 2 rings (SSSR count). The SMILES string of the molecule is CC(C)(CCc1cccc(S(C)(=O)=O)c1)NC[C@@H](O)c1ccccc1. The summed E-state index contributed by atoms with van der Waals surface area (Å²) in [5, 5.41) is 13.7. The number of β-amino-alcohol motifs (C(OH)–C–C–N with tert-alkyl or cyclic N) is 1. The van der Waals surface area contributed by atoms with E-state index in [-0.39, 0.29) is 5.54 Å². The van der Waals surface area contributed by atoms with Crippen molar-refractivity contribution in [3.05, 3.63) is 65.7 Å². The first-order chi connectivity index (χ1) is 11.7. The second-order valence-corrected chi connectivity index (χ2v) is 9.13. The Morgan fingerprint density at radius 3 is 2.40 bits per heavy atom. The normalized spacial score (nSPS) is 13.6. The fraction of sp³-hybridized carbons (Fsp3) is 0.400. The summed E-state index contributed by atoms with van der Waals surface area (Å²) in [6.07, 6.45) is 2.28. The molecule has 0 spiro atoms. The van der Waals surface area contributed by atoms with Gasteiger partial charge in [0.2, 0.25) is 0 Å². The number of rotatable bonds is 8. The van der Waals surface area contributed by atoms with Crippen LogP contribution in [0.3, 0.4) is 0 Å². The fourth-order valence-corrected chi connectivity index (χ4v) is 3.33. The first-order valence-electron chi connectivity index (χ1n) is 8.44. The summed E-state index contributed by atoms with van der Waals surface area (Å²) >= 11 is 0. The van der Waals surface area contributed by atoms with Crippen molar-refractivity contribution < 1.29 is 13.5 Å². The predicted molar refractivity (Wildman–Crippen MR) is 101 cm³/mol. The number of benzene rings is 2. The number of hydrogen-bond acceptors (Lipinski definition) is 4. The summed E-state index contributed by atoms with van der Waals surface area (Å²) in [4.78, 5) is 0.357. The number of aliphatic hydroxyl groups excluding tert-OH is 1. The van der Waals surface area contributed by atoms with Gasteiger partial charge in [-0.2, -0.15) is 0 Å². The zero-order valence-electron chi connectivity index (χ0n) is 15.1. The van der Waals surface area contributed by atoms with E-state index in [9.17, 15) is 13.5 Å². The lowest BCUT2D eigenvalue weighted by Gasteiger charge is -2.28. The lowest BCUT2D eigenvalue weighted by atomic mass is 9.94. The average Bonchev–Trinajstić information content (AvgIpc) is 2.58. The number of nitrogens with one attached hydrogen (secondary N) is 1. The topological polar surface area (TPSA) is 66.4 Å². The molecule has 0 bridgehead atoms. The van der Waals surface area contributed by atoms with E-state index >= 15 is 0 Å². The molecule has 0 aliphatic carbocycles. The number of aliphatic hydroxyl groups is 1. The number of aryl methyl sites for hydroxylation is 1. The highest BCUT2D eigenvalue weighted by Crippen LogP contribution is 2.18. The van der Waals surface area contributed by atoms with E-state index in [1.165, 1.54) is 6.26 Å². The predicted octanol–water partition coefficient (Wildman–Crippen LogP) is 3.12. The Hall–Kier alpha value is -1.69. The van der Waals surface area contributed by atoms with Crippen LogP contribution in [0, 0.1) is 0 Å². The molecule has 25 heavy (non-hydrogen) atoms. The van der Waals surface area contributed by atoms with Gasteiger partial charge in [-0.25, -0.2) is 8.42 Å². The lowest BCUT2D eigenvalue weighted by molar-refractivity contribution is 0.159. The van der Waals surface area contributed by atoms with Crippen molar-refractivity contribution in [2.45, 2.75) is 43.2 Å². The summed E-state index contributed by atoms with van der Waals surface area (Å²) in [5.41, 5.74) is 1.73. The summed E-state index contributed by atoms with van der Waals surface area (Å²) in [6, 6.07) is 16.7. The van der Waals surface area contributed by atoms with E-state index in [2.05, 4.69) is 19.2 Å². The molecule has 0 unspecified atom stereocenters. The molecule has 0 saturated heterocycles. The van der Waals surface area contributed by atoms with E-state index in [1.54, 1.807) is 18.2 Å². The van der Waals surface area contributed by atoms with Crippen molar-refractivity contribution >= 4 is 9.84 Å². The molecule has 0 heterocycles. The van der Waals surface area contributed by atoms with Gasteiger partial charge < -0.3 is 10.4 Å². The summed E-state index contributed by atoms with van der Waals surface area (Å²) in [6.45, 7) is 4.65. The van der Waals surface area contributed by atoms with Crippen molar-refractivity contribution in [1.82, 2.24) is 5.32 Å². The van der Waals surface area contributed by atoms with Gasteiger partial charge in [-0.05, 0) is 49.9 Å². The second-order valence-electron chi connectivity index (χ2n) is 7.11. The molecule has 0 amide bonds. The van der Waals surface area contributed by atoms with Crippen LogP contribution in [-0.4, -0.2) is 31.9 Å². The lowest BCUT2D eigenvalue weighted by Crippen LogP contribution is -2.42. The van der Waals surface area contributed by atoms with Crippen LogP contribution in [0.25, 0.3) is 0 Å². The maximum absolute atomic E-state index is 11.7. The van der Waals surface area contributed by atoms with Gasteiger partial charge in [-0.1, -0.05) is 42.5 Å². The van der Waals surface area contributed by atoms with Crippen LogP contribution in [-0.2, 0) is 16.3 Å². The summed E-state index contributed by atoms with van der Waals surface area (Å²) < 4.78 is 23.3. The zero-order chi connectivity index (χ0) is 18.5. The molecular formula is C20H27NO3S. The third-order valence-corrected chi connectivity index (χ3v) is 5.43. The first kappa shape index (κ1) is 19.6. The minimum absolute atomic E-state index is 0.170. The molecule has 5 heteroatoms. The second kappa shape index (κ2) is 8.13. The number of hydrogen-bond donors (Lipinski definition) is 2. The fourth-order valence-electron chi connectivity index (χ4n) is 2.64. The van der Waals surface area contributed by atoms with E-state index in [0.717, 1.165) is 24.0 Å². The standard InChI is InChI=1S/C20H27NO3S/c1-20(2,21-15-19(22)17-9-5-4-6-10-17)13-12-16-8-7-11-18(14-16)25(3,23)24/h4-11,14,19,21-22H,12-13,15H2,1-3H3/t19-/m1/s1. The third-order valence-electron chi connectivity index (χ3n) is 4.32. The molecule has 1 atom stereocenters. The van der Waals surface area contributed by atoms with Crippen LogP contribution < -0.4 is 5.32 Å². The Kier molecular flexibility index (Phi) is 6.38. The van der Waals surface area contributed by atoms with Crippen LogP contribution >= 0.6 is 0 Å². The molecule has 2 N–H and O–H groups in total. The van der Waals surface area contributed by atoms with Gasteiger partial charge in [0.25, 0.3) is 0 Å². The van der Waals surface area contributed by atoms with Crippen LogP contribution in [0.5, 0.6) is 0 Å². The average molecular weight is 362 g/mol. The van der Waals surface area contributed by atoms with Crippen LogP contribution in [0.4, 0.5) is 0 Å². The highest BCUT2D eigenvalue weighted by atomic mass is 32.2. The van der Waals surface area contributed by atoms with Gasteiger partial charge in [0.15, 0.2) is 9.84 Å². The third kappa shape index (κ3) is 6.27. The molecule has 136 valence electrons. The van der Waals surface area contributed by atoms with E-state index < -0.39 is 15.9 Å². The van der Waals surface area contributed by atoms with Crippen molar-refractivity contribution in [2.75, 3.05) is 12.8 Å². The number of sulfone groups is 1. The smallest absolute Gasteiger partial charge is 0.175 e. The molecule has 2 aromatic carbocycles. The molecule has 4 nitrogen and oxygen atoms in total. The largest absolute Gasteiger partial charge is 0.387 e. The van der Waals surface area contributed by atoms with Gasteiger partial charge in [0, 0.05) is 18.3 Å². The van der Waals surface area contributed by atoms with Crippen molar-refractivity contribution in [3.8, 4) is 0 Å². The molecule has 0 aliphatic heterocycles. The van der Waals surface area contributed by atoms with Gasteiger partial charge in [-0.3, -0.25) is 0 Å². The molecule has 0 radical (unpaired) electrons. The van der Waals surface area contributed by atoms with Crippen LogP contribution in [0.2, 0.25) is 0 Å². The first-order valence-corrected chi connectivity index (χ1v) is 10.3. The summed E-state index contributed by atoms with van der Waals surface area (Å²) in [7, 11) is -3.18. The Morgan fingerprint density at radius 2 is 1.76 bits per heavy atom. The van der Waals surface area contributed by atoms with E-state index in [4.69, 9.17) is 0 Å². The Bertz CT molecular complexity index is 786. The maximum atomic E-state index is 11.7. The van der Waals surface area contributed by atoms with E-state index in [0.29, 0.717) is 11.4 Å². The van der Waals surface area contributed by atoms with Crippen LogP contribution in [0.15, 0.2) is 59.5 Å². The minimum atomic E-state index is -3.18. The Balaban J connectivity index is 1.91. The maximum Gasteiger partial charge on any atom is 0.175 e. The van der Waals surface area contributed by atoms with E-state index in [1.807, 2.05) is 36.4 Å². The highest BCUT2D eigenvalue weighted by Gasteiger charge is 2.19. The van der Waals surface area contributed by atoms with Crippen molar-refractivity contribution in [3.63, 3.8) is 0 Å². The molecule has 0 fully saturated rings. The zero-order valence-corrected chi connectivity index (χ0v) is 15.9. The quantitative estimate of drug-likeness (QED) is 0.758. The Labute approximate surface area is 150 Å². The molecule has 0 aromatic heterocycles. The summed E-state index contributed by atoms with van der Waals surface area (Å²) in [5.74, 6) is 0. The van der Waals surface area contributed by atoms with Gasteiger partial charge >= 0.3 is 0 Å². The monoisotopic (exact) mass is 361 g/mol. The van der Waals surface area contributed by atoms with Crippen molar-refractivity contribution in [2.24, 2.45) is 0 Å². The molecule has 0 saturated carbocycles. The molecule has 2 aromatic rings.